The molecule has 0 heterocycles. The number of aryl methyl sites for hydroxylation is 1. The van der Waals surface area contributed by atoms with Gasteiger partial charge >= 0.3 is 0 Å². The van der Waals surface area contributed by atoms with Crippen molar-refractivity contribution in [2.75, 3.05) is 10.6 Å². The van der Waals surface area contributed by atoms with Gasteiger partial charge in [0.15, 0.2) is 0 Å². The second-order valence-corrected chi connectivity index (χ2v) is 8.99. The van der Waals surface area contributed by atoms with Crippen LogP contribution in [0.3, 0.4) is 0 Å². The first-order valence-corrected chi connectivity index (χ1v) is 11.1. The highest BCUT2D eigenvalue weighted by Crippen LogP contribution is 2.27. The number of nitrogens with one attached hydrogen (secondary N) is 1. The lowest BCUT2D eigenvalue weighted by Gasteiger charge is -2.31. The molecule has 152 valence electrons. The highest BCUT2D eigenvalue weighted by Gasteiger charge is 2.32. The first kappa shape index (κ1) is 22.2. The molecule has 0 bridgehead atoms. The molecule has 0 aromatic heterocycles. The van der Waals surface area contributed by atoms with Crippen molar-refractivity contribution in [1.29, 1.82) is 0 Å². The van der Waals surface area contributed by atoms with Crippen LogP contribution in [0.25, 0.3) is 0 Å². The van der Waals surface area contributed by atoms with Gasteiger partial charge in [0.1, 0.15) is 11.9 Å². The number of benzene rings is 2. The standard InChI is InChI=1S/C20H24ClFN2O3S/c1-5-19(20(25)23-14(3)15-8-6-13(2)7-9-15)24(28(4,26)27)16-10-11-18(22)17(21)12-16/h6-12,14,19H,5H2,1-4H3,(H,23,25)/t14-,19+/m1/s1. The average molecular weight is 427 g/mol. The molecule has 1 amide bonds. The summed E-state index contributed by atoms with van der Waals surface area (Å²) in [5.74, 6) is -1.11. The monoisotopic (exact) mass is 426 g/mol. The van der Waals surface area contributed by atoms with E-state index in [-0.39, 0.29) is 23.2 Å². The molecule has 0 spiro atoms. The molecule has 0 unspecified atom stereocenters. The summed E-state index contributed by atoms with van der Waals surface area (Å²) >= 11 is 5.82. The largest absolute Gasteiger partial charge is 0.348 e. The number of amides is 1. The van der Waals surface area contributed by atoms with Crippen LogP contribution in [0.5, 0.6) is 0 Å². The van der Waals surface area contributed by atoms with Crippen molar-refractivity contribution >= 4 is 33.2 Å². The predicted octanol–water partition coefficient (Wildman–Crippen LogP) is 4.21. The molecule has 5 nitrogen and oxygen atoms in total. The Labute approximate surface area is 170 Å². The molecule has 0 saturated heterocycles. The van der Waals surface area contributed by atoms with Gasteiger partial charge in [0.05, 0.1) is 23.0 Å². The molecule has 0 fully saturated rings. The van der Waals surface area contributed by atoms with Crippen LogP contribution in [0, 0.1) is 12.7 Å². The molecule has 0 saturated carbocycles. The van der Waals surface area contributed by atoms with Crippen LogP contribution in [0.2, 0.25) is 5.02 Å². The Balaban J connectivity index is 2.33. The van der Waals surface area contributed by atoms with Crippen molar-refractivity contribution in [3.8, 4) is 0 Å². The van der Waals surface area contributed by atoms with Crippen molar-refractivity contribution < 1.29 is 17.6 Å². The summed E-state index contributed by atoms with van der Waals surface area (Å²) in [7, 11) is -3.82. The Morgan fingerprint density at radius 1 is 1.21 bits per heavy atom. The van der Waals surface area contributed by atoms with Gasteiger partial charge in [0, 0.05) is 0 Å². The van der Waals surface area contributed by atoms with Gasteiger partial charge in [-0.3, -0.25) is 9.10 Å². The summed E-state index contributed by atoms with van der Waals surface area (Å²) in [5, 5.41) is 2.65. The van der Waals surface area contributed by atoms with Crippen LogP contribution in [0.4, 0.5) is 10.1 Å². The maximum absolute atomic E-state index is 13.5. The van der Waals surface area contributed by atoms with Crippen molar-refractivity contribution in [1.82, 2.24) is 5.32 Å². The summed E-state index contributed by atoms with van der Waals surface area (Å²) in [6.07, 6.45) is 1.23. The van der Waals surface area contributed by atoms with Crippen LogP contribution in [-0.2, 0) is 14.8 Å². The van der Waals surface area contributed by atoms with E-state index in [1.807, 2.05) is 38.1 Å². The zero-order valence-corrected chi connectivity index (χ0v) is 17.8. The number of halogens is 2. The van der Waals surface area contributed by atoms with E-state index in [4.69, 9.17) is 11.6 Å². The van der Waals surface area contributed by atoms with Gasteiger partial charge in [0.25, 0.3) is 0 Å². The lowest BCUT2D eigenvalue weighted by Crippen LogP contribution is -2.49. The Bertz CT molecular complexity index is 948. The lowest BCUT2D eigenvalue weighted by molar-refractivity contribution is -0.122. The summed E-state index contributed by atoms with van der Waals surface area (Å²) in [6, 6.07) is 9.99. The molecular weight excluding hydrogens is 403 g/mol. The molecule has 1 N–H and O–H groups in total. The third-order valence-electron chi connectivity index (χ3n) is 4.42. The van der Waals surface area contributed by atoms with E-state index in [2.05, 4.69) is 5.32 Å². The fraction of sp³-hybridized carbons (Fsp3) is 0.350. The van der Waals surface area contributed by atoms with Crippen LogP contribution in [-0.4, -0.2) is 26.6 Å². The minimum atomic E-state index is -3.82. The number of hydrogen-bond donors (Lipinski definition) is 1. The van der Waals surface area contributed by atoms with Gasteiger partial charge in [-0.05, 0) is 44.0 Å². The second kappa shape index (κ2) is 8.92. The van der Waals surface area contributed by atoms with Gasteiger partial charge in [-0.2, -0.15) is 0 Å². The van der Waals surface area contributed by atoms with E-state index < -0.39 is 27.8 Å². The zero-order chi connectivity index (χ0) is 21.1. The van der Waals surface area contributed by atoms with Gasteiger partial charge < -0.3 is 5.32 Å². The zero-order valence-electron chi connectivity index (χ0n) is 16.2. The van der Waals surface area contributed by atoms with E-state index in [9.17, 15) is 17.6 Å². The van der Waals surface area contributed by atoms with Gasteiger partial charge in [-0.1, -0.05) is 48.4 Å². The lowest BCUT2D eigenvalue weighted by atomic mass is 10.1. The smallest absolute Gasteiger partial charge is 0.244 e. The number of sulfonamides is 1. The molecule has 28 heavy (non-hydrogen) atoms. The molecule has 2 aromatic carbocycles. The predicted molar refractivity (Wildman–Crippen MR) is 111 cm³/mol. The second-order valence-electron chi connectivity index (χ2n) is 6.72. The Morgan fingerprint density at radius 3 is 2.32 bits per heavy atom. The third-order valence-corrected chi connectivity index (χ3v) is 5.89. The molecule has 0 aliphatic rings. The quantitative estimate of drug-likeness (QED) is 0.721. The summed E-state index contributed by atoms with van der Waals surface area (Å²) in [6.45, 7) is 5.51. The van der Waals surface area contributed by atoms with E-state index in [0.29, 0.717) is 0 Å². The minimum Gasteiger partial charge on any atom is -0.348 e. The Hall–Kier alpha value is -2.12. The highest BCUT2D eigenvalue weighted by atomic mass is 35.5. The van der Waals surface area contributed by atoms with E-state index in [0.717, 1.165) is 27.8 Å². The van der Waals surface area contributed by atoms with Crippen LogP contribution < -0.4 is 9.62 Å². The molecular formula is C20H24ClFN2O3S. The first-order chi connectivity index (χ1) is 13.0. The third kappa shape index (κ3) is 5.23. The highest BCUT2D eigenvalue weighted by molar-refractivity contribution is 7.92. The van der Waals surface area contributed by atoms with Crippen LogP contribution >= 0.6 is 11.6 Å². The summed E-state index contributed by atoms with van der Waals surface area (Å²) in [5.41, 5.74) is 2.15. The molecule has 0 aliphatic carbocycles. The Morgan fingerprint density at radius 2 is 1.82 bits per heavy atom. The molecule has 8 heteroatoms. The summed E-state index contributed by atoms with van der Waals surface area (Å²) in [4.78, 5) is 12.9. The fourth-order valence-electron chi connectivity index (χ4n) is 2.93. The maximum atomic E-state index is 13.5. The van der Waals surface area contributed by atoms with Gasteiger partial charge in [-0.15, -0.1) is 0 Å². The fourth-order valence-corrected chi connectivity index (χ4v) is 4.31. The van der Waals surface area contributed by atoms with Gasteiger partial charge in [0.2, 0.25) is 15.9 Å². The van der Waals surface area contributed by atoms with E-state index >= 15 is 0 Å². The minimum absolute atomic E-state index is 0.138. The topological polar surface area (TPSA) is 66.5 Å². The van der Waals surface area contributed by atoms with Crippen molar-refractivity contribution in [3.05, 3.63) is 64.4 Å². The molecule has 2 aromatic rings. The van der Waals surface area contributed by atoms with Crippen LogP contribution in [0.15, 0.2) is 42.5 Å². The number of rotatable bonds is 7. The van der Waals surface area contributed by atoms with Crippen molar-refractivity contribution in [2.45, 2.75) is 39.3 Å². The number of carbonyl (C=O) groups is 1. The van der Waals surface area contributed by atoms with Crippen molar-refractivity contribution in [3.63, 3.8) is 0 Å². The van der Waals surface area contributed by atoms with Crippen LogP contribution in [0.1, 0.15) is 37.4 Å². The van der Waals surface area contributed by atoms with Gasteiger partial charge in [-0.25, -0.2) is 12.8 Å². The average Bonchev–Trinajstić information content (AvgIpc) is 2.61. The normalized spacial score (nSPS) is 13.6. The summed E-state index contributed by atoms with van der Waals surface area (Å²) < 4.78 is 39.4. The maximum Gasteiger partial charge on any atom is 0.244 e. The molecule has 2 rings (SSSR count). The van der Waals surface area contributed by atoms with Crippen molar-refractivity contribution in [2.24, 2.45) is 0 Å². The first-order valence-electron chi connectivity index (χ1n) is 8.86. The number of hydrogen-bond acceptors (Lipinski definition) is 3. The van der Waals surface area contributed by atoms with E-state index in [1.54, 1.807) is 6.92 Å². The number of carbonyl (C=O) groups excluding carboxylic acids is 1. The Kier molecular flexibility index (Phi) is 7.06. The number of anilines is 1. The SMILES string of the molecule is CC[C@@H](C(=O)N[C@H](C)c1ccc(C)cc1)N(c1ccc(F)c(Cl)c1)S(C)(=O)=O. The molecule has 0 radical (unpaired) electrons. The molecule has 0 aliphatic heterocycles. The molecule has 2 atom stereocenters. The number of nitrogens with zero attached hydrogens (tertiary/aromatic N) is 1. The van der Waals surface area contributed by atoms with E-state index in [1.165, 1.54) is 12.1 Å².